The minimum Gasteiger partial charge on any atom is -0.497 e. The lowest BCUT2D eigenvalue weighted by Gasteiger charge is -2.12. The lowest BCUT2D eigenvalue weighted by molar-refractivity contribution is 0.415. The molecule has 84 valence electrons. The molecule has 0 bridgehead atoms. The molecule has 0 saturated heterocycles. The molecule has 0 aliphatic rings. The van der Waals surface area contributed by atoms with E-state index >= 15 is 0 Å². The average molecular weight is 217 g/mol. The van der Waals surface area contributed by atoms with Gasteiger partial charge in [-0.15, -0.1) is 0 Å². The van der Waals surface area contributed by atoms with Crippen LogP contribution in [0.2, 0.25) is 0 Å². The number of ether oxygens (including phenoxy) is 1. The SMILES string of the molecule is CNC(C)c1ncnc2cc(OC)ccc12. The van der Waals surface area contributed by atoms with Crippen LogP contribution in [0.15, 0.2) is 24.5 Å². The monoisotopic (exact) mass is 217 g/mol. The van der Waals surface area contributed by atoms with Crippen molar-refractivity contribution in [2.75, 3.05) is 14.2 Å². The molecule has 0 saturated carbocycles. The number of fused-ring (bicyclic) bond motifs is 1. The standard InChI is InChI=1S/C12H15N3O/c1-8(13-2)12-10-5-4-9(16-3)6-11(10)14-7-15-12/h4-8,13H,1-3H3. The van der Waals surface area contributed by atoms with Crippen molar-refractivity contribution < 1.29 is 4.74 Å². The molecule has 0 aliphatic heterocycles. The summed E-state index contributed by atoms with van der Waals surface area (Å²) < 4.78 is 5.17. The molecule has 4 heteroatoms. The third-order valence-electron chi connectivity index (χ3n) is 2.72. The summed E-state index contributed by atoms with van der Waals surface area (Å²) >= 11 is 0. The van der Waals surface area contributed by atoms with Gasteiger partial charge in [-0.3, -0.25) is 0 Å². The fourth-order valence-corrected chi connectivity index (χ4v) is 1.67. The molecule has 1 unspecified atom stereocenters. The second-order valence-electron chi connectivity index (χ2n) is 3.65. The largest absolute Gasteiger partial charge is 0.497 e. The second-order valence-corrected chi connectivity index (χ2v) is 3.65. The zero-order valence-electron chi connectivity index (χ0n) is 9.69. The maximum Gasteiger partial charge on any atom is 0.121 e. The maximum absolute atomic E-state index is 5.17. The van der Waals surface area contributed by atoms with Crippen molar-refractivity contribution in [1.29, 1.82) is 0 Å². The molecular weight excluding hydrogens is 202 g/mol. The van der Waals surface area contributed by atoms with E-state index in [1.54, 1.807) is 13.4 Å². The van der Waals surface area contributed by atoms with Crippen molar-refractivity contribution in [3.63, 3.8) is 0 Å². The van der Waals surface area contributed by atoms with E-state index in [1.807, 2.05) is 25.2 Å². The molecule has 0 fully saturated rings. The van der Waals surface area contributed by atoms with E-state index in [0.717, 1.165) is 22.3 Å². The van der Waals surface area contributed by atoms with Gasteiger partial charge in [0.2, 0.25) is 0 Å². The number of hydrogen-bond acceptors (Lipinski definition) is 4. The van der Waals surface area contributed by atoms with Gasteiger partial charge in [0.05, 0.1) is 18.3 Å². The van der Waals surface area contributed by atoms with E-state index in [4.69, 9.17) is 4.74 Å². The number of nitrogens with zero attached hydrogens (tertiary/aromatic N) is 2. The maximum atomic E-state index is 5.17. The summed E-state index contributed by atoms with van der Waals surface area (Å²) in [6.45, 7) is 2.08. The van der Waals surface area contributed by atoms with Crippen LogP contribution in [0.25, 0.3) is 10.9 Å². The normalized spacial score (nSPS) is 12.7. The van der Waals surface area contributed by atoms with Crippen LogP contribution < -0.4 is 10.1 Å². The van der Waals surface area contributed by atoms with Crippen molar-refractivity contribution >= 4 is 10.9 Å². The number of benzene rings is 1. The van der Waals surface area contributed by atoms with Crippen molar-refractivity contribution in [2.24, 2.45) is 0 Å². The lowest BCUT2D eigenvalue weighted by atomic mass is 10.1. The Balaban J connectivity index is 2.60. The van der Waals surface area contributed by atoms with Crippen LogP contribution in [0, 0.1) is 0 Å². The smallest absolute Gasteiger partial charge is 0.121 e. The summed E-state index contributed by atoms with van der Waals surface area (Å²) in [5, 5.41) is 4.24. The van der Waals surface area contributed by atoms with E-state index < -0.39 is 0 Å². The Kier molecular flexibility index (Phi) is 3.01. The third kappa shape index (κ3) is 1.84. The van der Waals surface area contributed by atoms with E-state index in [9.17, 15) is 0 Å². The zero-order chi connectivity index (χ0) is 11.5. The minimum absolute atomic E-state index is 0.207. The molecule has 16 heavy (non-hydrogen) atoms. The van der Waals surface area contributed by atoms with Crippen LogP contribution in [0.4, 0.5) is 0 Å². The molecule has 0 spiro atoms. The molecule has 2 rings (SSSR count). The topological polar surface area (TPSA) is 47.0 Å². The van der Waals surface area contributed by atoms with Gasteiger partial charge in [-0.25, -0.2) is 9.97 Å². The van der Waals surface area contributed by atoms with Gasteiger partial charge in [-0.1, -0.05) is 0 Å². The summed E-state index contributed by atoms with van der Waals surface area (Å²) in [6, 6.07) is 6.05. The van der Waals surface area contributed by atoms with Gasteiger partial charge in [0.1, 0.15) is 12.1 Å². The first-order chi connectivity index (χ1) is 7.76. The van der Waals surface area contributed by atoms with Gasteiger partial charge >= 0.3 is 0 Å². The van der Waals surface area contributed by atoms with E-state index in [1.165, 1.54) is 0 Å². The lowest BCUT2D eigenvalue weighted by Crippen LogP contribution is -2.14. The minimum atomic E-state index is 0.207. The number of methoxy groups -OCH3 is 1. The van der Waals surface area contributed by atoms with Crippen LogP contribution in [0.5, 0.6) is 5.75 Å². The first-order valence-electron chi connectivity index (χ1n) is 5.22. The predicted octanol–water partition coefficient (Wildman–Crippen LogP) is 1.92. The molecule has 2 aromatic rings. The molecule has 4 nitrogen and oxygen atoms in total. The Labute approximate surface area is 94.7 Å². The van der Waals surface area contributed by atoms with E-state index in [-0.39, 0.29) is 6.04 Å². The average Bonchev–Trinajstić information content (AvgIpc) is 2.36. The van der Waals surface area contributed by atoms with Gasteiger partial charge in [-0.05, 0) is 26.1 Å². The predicted molar refractivity (Wildman–Crippen MR) is 63.6 cm³/mol. The summed E-state index contributed by atoms with van der Waals surface area (Å²) in [4.78, 5) is 8.57. The summed E-state index contributed by atoms with van der Waals surface area (Å²) in [5.74, 6) is 0.814. The number of aromatic nitrogens is 2. The van der Waals surface area contributed by atoms with Gasteiger partial charge < -0.3 is 10.1 Å². The summed E-state index contributed by atoms with van der Waals surface area (Å²) in [5.41, 5.74) is 1.92. The Morgan fingerprint density at radius 2 is 2.12 bits per heavy atom. The summed E-state index contributed by atoms with van der Waals surface area (Å²) in [7, 11) is 3.57. The molecule has 1 aromatic carbocycles. The van der Waals surface area contributed by atoms with Gasteiger partial charge in [-0.2, -0.15) is 0 Å². The molecule has 1 aromatic heterocycles. The van der Waals surface area contributed by atoms with Crippen LogP contribution >= 0.6 is 0 Å². The highest BCUT2D eigenvalue weighted by Gasteiger charge is 2.09. The zero-order valence-corrected chi connectivity index (χ0v) is 9.69. The molecular formula is C12H15N3O. The molecule has 0 aliphatic carbocycles. The first kappa shape index (κ1) is 10.8. The quantitative estimate of drug-likeness (QED) is 0.853. The molecule has 0 radical (unpaired) electrons. The molecule has 1 N–H and O–H groups in total. The molecule has 1 heterocycles. The van der Waals surface area contributed by atoms with Crippen LogP contribution in [-0.2, 0) is 0 Å². The fraction of sp³-hybridized carbons (Fsp3) is 0.333. The highest BCUT2D eigenvalue weighted by atomic mass is 16.5. The van der Waals surface area contributed by atoms with Gasteiger partial charge in [0.25, 0.3) is 0 Å². The number of hydrogen-bond donors (Lipinski definition) is 1. The van der Waals surface area contributed by atoms with Crippen LogP contribution in [-0.4, -0.2) is 24.1 Å². The number of nitrogens with one attached hydrogen (secondary N) is 1. The first-order valence-corrected chi connectivity index (χ1v) is 5.22. The van der Waals surface area contributed by atoms with E-state index in [2.05, 4.69) is 22.2 Å². The van der Waals surface area contributed by atoms with Crippen molar-refractivity contribution in [2.45, 2.75) is 13.0 Å². The van der Waals surface area contributed by atoms with Crippen molar-refractivity contribution in [3.05, 3.63) is 30.2 Å². The highest BCUT2D eigenvalue weighted by Crippen LogP contribution is 2.23. The fourth-order valence-electron chi connectivity index (χ4n) is 1.67. The third-order valence-corrected chi connectivity index (χ3v) is 2.72. The van der Waals surface area contributed by atoms with Crippen molar-refractivity contribution in [3.8, 4) is 5.75 Å². The highest BCUT2D eigenvalue weighted by molar-refractivity contribution is 5.82. The molecule has 0 amide bonds. The Hall–Kier alpha value is -1.68. The van der Waals surface area contributed by atoms with Gasteiger partial charge in [0.15, 0.2) is 0 Å². The van der Waals surface area contributed by atoms with Crippen LogP contribution in [0.1, 0.15) is 18.7 Å². The Bertz CT molecular complexity index is 499. The van der Waals surface area contributed by atoms with Crippen molar-refractivity contribution in [1.82, 2.24) is 15.3 Å². The van der Waals surface area contributed by atoms with Gasteiger partial charge in [0, 0.05) is 17.5 Å². The number of rotatable bonds is 3. The van der Waals surface area contributed by atoms with E-state index in [0.29, 0.717) is 0 Å². The molecule has 1 atom stereocenters. The second kappa shape index (κ2) is 4.45. The Morgan fingerprint density at radius 3 is 2.81 bits per heavy atom. The summed E-state index contributed by atoms with van der Waals surface area (Å²) in [6.07, 6.45) is 1.59. The van der Waals surface area contributed by atoms with Crippen LogP contribution in [0.3, 0.4) is 0 Å². The Morgan fingerprint density at radius 1 is 1.31 bits per heavy atom.